The van der Waals surface area contributed by atoms with Crippen LogP contribution in [0.15, 0.2) is 60.9 Å². The van der Waals surface area contributed by atoms with Crippen LogP contribution >= 0.6 is 0 Å². The van der Waals surface area contributed by atoms with Gasteiger partial charge in [-0.3, -0.25) is 19.8 Å². The zero-order chi connectivity index (χ0) is 23.8. The van der Waals surface area contributed by atoms with Crippen molar-refractivity contribution in [3.63, 3.8) is 0 Å². The second-order valence-electron chi connectivity index (χ2n) is 9.05. The minimum absolute atomic E-state index is 0.00515. The maximum atomic E-state index is 13.8. The van der Waals surface area contributed by atoms with Crippen LogP contribution < -0.4 is 0 Å². The van der Waals surface area contributed by atoms with Gasteiger partial charge in [-0.15, -0.1) is 0 Å². The first-order chi connectivity index (χ1) is 17.2. The van der Waals surface area contributed by atoms with Gasteiger partial charge in [0.15, 0.2) is 5.82 Å². The Balaban J connectivity index is 1.38. The lowest BCUT2D eigenvalue weighted by atomic mass is 9.92. The normalized spacial score (nSPS) is 15.6. The third-order valence-electron chi connectivity index (χ3n) is 6.66. The summed E-state index contributed by atoms with van der Waals surface area (Å²) in [6.45, 7) is 5.73. The average Bonchev–Trinajstić information content (AvgIpc) is 3.50. The number of hydrogen-bond donors (Lipinski definition) is 2. The lowest BCUT2D eigenvalue weighted by molar-refractivity contribution is 0.0344. The first-order valence-corrected chi connectivity index (χ1v) is 11.8. The summed E-state index contributed by atoms with van der Waals surface area (Å²) in [5.74, 6) is 0.0627. The van der Waals surface area contributed by atoms with Gasteiger partial charge in [0, 0.05) is 43.0 Å². The summed E-state index contributed by atoms with van der Waals surface area (Å²) >= 11 is 0. The van der Waals surface area contributed by atoms with E-state index in [1.54, 1.807) is 12.4 Å². The molecule has 1 atom stereocenters. The number of nitrogens with one attached hydrogen (secondary N) is 2. The molecule has 0 spiro atoms. The van der Waals surface area contributed by atoms with Crippen LogP contribution in [0.1, 0.15) is 27.7 Å². The van der Waals surface area contributed by atoms with Crippen molar-refractivity contribution in [3.05, 3.63) is 77.9 Å². The van der Waals surface area contributed by atoms with Gasteiger partial charge in [0.05, 0.1) is 35.7 Å². The van der Waals surface area contributed by atoms with E-state index in [-0.39, 0.29) is 11.7 Å². The van der Waals surface area contributed by atoms with Crippen LogP contribution in [0.5, 0.6) is 0 Å². The summed E-state index contributed by atoms with van der Waals surface area (Å²) in [6, 6.07) is 16.0. The lowest BCUT2D eigenvalue weighted by Crippen LogP contribution is -2.40. The van der Waals surface area contributed by atoms with Crippen molar-refractivity contribution in [2.75, 3.05) is 32.8 Å². The predicted molar refractivity (Wildman–Crippen MR) is 134 cm³/mol. The number of benzene rings is 2. The molecule has 8 heteroatoms. The lowest BCUT2D eigenvalue weighted by Gasteiger charge is -2.30. The number of carbonyl (C=O) groups excluding carboxylic acids is 1. The second kappa shape index (κ2) is 9.05. The average molecular weight is 467 g/mol. The van der Waals surface area contributed by atoms with Crippen molar-refractivity contribution in [1.82, 2.24) is 30.0 Å². The number of H-pyrrole nitrogens is 2. The van der Waals surface area contributed by atoms with Crippen molar-refractivity contribution < 1.29 is 9.53 Å². The van der Waals surface area contributed by atoms with Gasteiger partial charge in [-0.25, -0.2) is 4.98 Å². The number of aromatic nitrogens is 5. The van der Waals surface area contributed by atoms with Crippen LogP contribution in [0.2, 0.25) is 0 Å². The van der Waals surface area contributed by atoms with Gasteiger partial charge >= 0.3 is 0 Å². The Hall–Kier alpha value is -3.88. The fourth-order valence-corrected chi connectivity index (χ4v) is 4.80. The van der Waals surface area contributed by atoms with Crippen LogP contribution in [-0.4, -0.2) is 68.7 Å². The molecule has 0 saturated carbocycles. The number of Topliss-reactive ketones (excluding diaryl/α,β-unsaturated/α-hetero) is 1. The number of ether oxygens (including phenoxy) is 1. The Morgan fingerprint density at radius 2 is 1.91 bits per heavy atom. The Labute approximate surface area is 202 Å². The molecule has 0 aliphatic carbocycles. The Bertz CT molecular complexity index is 1500. The summed E-state index contributed by atoms with van der Waals surface area (Å²) in [5, 5.41) is 8.55. The van der Waals surface area contributed by atoms with Crippen LogP contribution in [-0.2, 0) is 4.74 Å². The minimum atomic E-state index is -0.313. The van der Waals surface area contributed by atoms with Gasteiger partial charge in [-0.2, -0.15) is 5.10 Å². The second-order valence-corrected chi connectivity index (χ2v) is 9.05. The molecule has 2 aromatic carbocycles. The minimum Gasteiger partial charge on any atom is -0.379 e. The van der Waals surface area contributed by atoms with Crippen molar-refractivity contribution in [2.45, 2.75) is 12.8 Å². The summed E-state index contributed by atoms with van der Waals surface area (Å²) in [5.41, 5.74) is 6.39. The highest BCUT2D eigenvalue weighted by atomic mass is 16.5. The van der Waals surface area contributed by atoms with E-state index in [4.69, 9.17) is 9.72 Å². The van der Waals surface area contributed by atoms with Crippen molar-refractivity contribution in [3.8, 4) is 11.3 Å². The van der Waals surface area contributed by atoms with Gasteiger partial charge in [0.2, 0.25) is 5.78 Å². The van der Waals surface area contributed by atoms with Gasteiger partial charge in [-0.05, 0) is 36.8 Å². The third kappa shape index (κ3) is 4.22. The zero-order valence-electron chi connectivity index (χ0n) is 19.5. The number of nitrogens with zero attached hydrogens (tertiary/aromatic N) is 4. The number of ketones is 1. The van der Waals surface area contributed by atoms with E-state index in [0.717, 1.165) is 57.4 Å². The molecular weight excluding hydrogens is 440 g/mol. The van der Waals surface area contributed by atoms with E-state index in [1.807, 2.05) is 36.4 Å². The van der Waals surface area contributed by atoms with Gasteiger partial charge in [0.1, 0.15) is 5.69 Å². The molecule has 1 aliphatic heterocycles. The van der Waals surface area contributed by atoms with Crippen molar-refractivity contribution in [1.29, 1.82) is 0 Å². The SMILES string of the molecule is Cc1cccc(C(CN2CCOCC2)C(=O)c2nc3cc4c(-c5ccncc5)n[nH]c4cc3[nH]2)c1. The molecule has 5 aromatic rings. The highest BCUT2D eigenvalue weighted by Crippen LogP contribution is 2.30. The fourth-order valence-electron chi connectivity index (χ4n) is 4.80. The van der Waals surface area contributed by atoms with Gasteiger partial charge in [-0.1, -0.05) is 29.8 Å². The molecule has 4 heterocycles. The molecule has 3 aromatic heterocycles. The van der Waals surface area contributed by atoms with Crippen LogP contribution in [0.25, 0.3) is 33.2 Å². The number of aromatic amines is 2. The van der Waals surface area contributed by atoms with Crippen LogP contribution in [0.4, 0.5) is 0 Å². The summed E-state index contributed by atoms with van der Waals surface area (Å²) in [4.78, 5) is 28.2. The third-order valence-corrected chi connectivity index (χ3v) is 6.66. The monoisotopic (exact) mass is 466 g/mol. The van der Waals surface area contributed by atoms with Crippen molar-refractivity contribution in [2.24, 2.45) is 0 Å². The van der Waals surface area contributed by atoms with E-state index in [0.29, 0.717) is 25.6 Å². The molecule has 8 nitrogen and oxygen atoms in total. The number of hydrogen-bond acceptors (Lipinski definition) is 6. The van der Waals surface area contributed by atoms with E-state index < -0.39 is 0 Å². The largest absolute Gasteiger partial charge is 0.379 e. The zero-order valence-corrected chi connectivity index (χ0v) is 19.5. The Kier molecular flexibility index (Phi) is 5.60. The van der Waals surface area contributed by atoms with Gasteiger partial charge in [0.25, 0.3) is 0 Å². The molecule has 1 aliphatic rings. The molecule has 6 rings (SSSR count). The number of morpholine rings is 1. The number of carbonyl (C=O) groups is 1. The number of aryl methyl sites for hydroxylation is 1. The number of fused-ring (bicyclic) bond motifs is 2. The molecule has 0 radical (unpaired) electrons. The smallest absolute Gasteiger partial charge is 0.206 e. The molecule has 0 amide bonds. The molecule has 1 unspecified atom stereocenters. The van der Waals surface area contributed by atoms with E-state index >= 15 is 0 Å². The Morgan fingerprint density at radius 1 is 1.09 bits per heavy atom. The van der Waals surface area contributed by atoms with E-state index in [2.05, 4.69) is 44.1 Å². The molecule has 2 N–H and O–H groups in total. The fraction of sp³-hybridized carbons (Fsp3) is 0.259. The summed E-state index contributed by atoms with van der Waals surface area (Å²) in [7, 11) is 0. The molecule has 35 heavy (non-hydrogen) atoms. The maximum Gasteiger partial charge on any atom is 0.206 e. The molecule has 0 bridgehead atoms. The first-order valence-electron chi connectivity index (χ1n) is 11.8. The summed E-state index contributed by atoms with van der Waals surface area (Å²) < 4.78 is 5.51. The molecule has 1 fully saturated rings. The predicted octanol–water partition coefficient (Wildman–Crippen LogP) is 4.11. The number of imidazole rings is 1. The standard InChI is InChI=1S/C27H26N6O2/c1-17-3-2-4-19(13-17)21(16-33-9-11-35-12-10-33)26(34)27-29-23-14-20-22(15-24(23)30-27)31-32-25(20)18-5-7-28-8-6-18/h2-8,13-15,21H,9-12,16H2,1H3,(H,29,30)(H,31,32). The van der Waals surface area contributed by atoms with Crippen molar-refractivity contribution >= 4 is 27.7 Å². The molecule has 176 valence electrons. The van der Waals surface area contributed by atoms with Crippen LogP contribution in [0, 0.1) is 6.92 Å². The molecular formula is C27H26N6O2. The van der Waals surface area contributed by atoms with E-state index in [1.165, 1.54) is 0 Å². The molecule has 1 saturated heterocycles. The maximum absolute atomic E-state index is 13.8. The van der Waals surface area contributed by atoms with E-state index in [9.17, 15) is 4.79 Å². The summed E-state index contributed by atoms with van der Waals surface area (Å²) in [6.07, 6.45) is 3.50. The number of rotatable bonds is 6. The highest BCUT2D eigenvalue weighted by Gasteiger charge is 2.28. The Morgan fingerprint density at radius 3 is 2.71 bits per heavy atom. The topological polar surface area (TPSA) is 99.8 Å². The first kappa shape index (κ1) is 21.6. The van der Waals surface area contributed by atoms with Gasteiger partial charge < -0.3 is 9.72 Å². The highest BCUT2D eigenvalue weighted by molar-refractivity contribution is 6.04. The van der Waals surface area contributed by atoms with Crippen LogP contribution in [0.3, 0.4) is 0 Å². The number of pyridine rings is 1. The quantitative estimate of drug-likeness (QED) is 0.366.